The predicted molar refractivity (Wildman–Crippen MR) is 120 cm³/mol. The fraction of sp³-hybridized carbons (Fsp3) is 0.650. The van der Waals surface area contributed by atoms with Crippen LogP contribution in [0.3, 0.4) is 0 Å². The van der Waals surface area contributed by atoms with Gasteiger partial charge in [0, 0.05) is 11.6 Å². The Labute approximate surface area is 189 Å². The minimum absolute atomic E-state index is 0.229. The smallest absolute Gasteiger partial charge is 0.340 e. The summed E-state index contributed by atoms with van der Waals surface area (Å²) in [6, 6.07) is 6.13. The molecule has 1 aromatic rings. The normalized spacial score (nSPS) is 12.2. The lowest BCUT2D eigenvalue weighted by Gasteiger charge is -2.13. The van der Waals surface area contributed by atoms with Gasteiger partial charge in [0.1, 0.15) is 0 Å². The highest BCUT2D eigenvalue weighted by Crippen LogP contribution is 2.28. The number of hydrogen-bond acceptors (Lipinski definition) is 3. The van der Waals surface area contributed by atoms with Crippen molar-refractivity contribution in [3.05, 3.63) is 29.3 Å². The third kappa shape index (κ3) is 11.4. The van der Waals surface area contributed by atoms with Gasteiger partial charge < -0.3 is 5.11 Å². The van der Waals surface area contributed by atoms with E-state index in [0.717, 1.165) is 57.8 Å². The fourth-order valence-corrected chi connectivity index (χ4v) is 4.36. The summed E-state index contributed by atoms with van der Waals surface area (Å²) in [6.45, 7) is 0.434. The largest absolute Gasteiger partial charge is 0.479 e. The van der Waals surface area contributed by atoms with Crippen LogP contribution < -0.4 is 4.72 Å². The van der Waals surface area contributed by atoms with Crippen LogP contribution in [-0.4, -0.2) is 30.4 Å². The highest BCUT2D eigenvalue weighted by atomic mass is 35.5. The average molecular weight is 487 g/mol. The van der Waals surface area contributed by atoms with Gasteiger partial charge in [0.25, 0.3) is 0 Å². The van der Waals surface area contributed by atoms with Crippen molar-refractivity contribution in [2.75, 3.05) is 6.54 Å². The molecular formula is C20H30Cl3NO4S. The van der Waals surface area contributed by atoms with E-state index in [1.807, 2.05) is 0 Å². The summed E-state index contributed by atoms with van der Waals surface area (Å²) in [7, 11) is -3.46. The zero-order chi connectivity index (χ0) is 21.8. The highest BCUT2D eigenvalue weighted by molar-refractivity contribution is 7.89. The molecule has 0 saturated carbocycles. The molecule has 0 radical (unpaired) electrons. The molecule has 0 aliphatic heterocycles. The summed E-state index contributed by atoms with van der Waals surface area (Å²) in [6.07, 6.45) is 10.4. The van der Waals surface area contributed by atoms with Gasteiger partial charge in [-0.15, -0.1) is 0 Å². The molecule has 2 N–H and O–H groups in total. The van der Waals surface area contributed by atoms with Gasteiger partial charge in [-0.2, -0.15) is 0 Å². The Bertz CT molecular complexity index is 709. The number of carboxylic acid groups (broad SMARTS) is 1. The number of sulfonamides is 1. The van der Waals surface area contributed by atoms with Crippen molar-refractivity contribution in [2.45, 2.75) is 79.9 Å². The molecule has 0 aliphatic rings. The van der Waals surface area contributed by atoms with E-state index in [9.17, 15) is 13.2 Å². The topological polar surface area (TPSA) is 83.5 Å². The van der Waals surface area contributed by atoms with Crippen molar-refractivity contribution >= 4 is 50.8 Å². The molecule has 0 unspecified atom stereocenters. The van der Waals surface area contributed by atoms with Crippen LogP contribution in [0.15, 0.2) is 29.2 Å². The van der Waals surface area contributed by atoms with Crippen LogP contribution >= 0.6 is 34.8 Å². The van der Waals surface area contributed by atoms with E-state index >= 15 is 0 Å². The Morgan fingerprint density at radius 2 is 1.31 bits per heavy atom. The van der Waals surface area contributed by atoms with Gasteiger partial charge in [0.05, 0.1) is 4.90 Å². The predicted octanol–water partition coefficient (Wildman–Crippen LogP) is 6.17. The van der Waals surface area contributed by atoms with Gasteiger partial charge in [-0.3, -0.25) is 0 Å². The summed E-state index contributed by atoms with van der Waals surface area (Å²) < 4.78 is 25.2. The Kier molecular flexibility index (Phi) is 12.5. The Hall–Kier alpha value is -0.530. The second-order valence-electron chi connectivity index (χ2n) is 7.15. The van der Waals surface area contributed by atoms with Gasteiger partial charge in [-0.25, -0.2) is 17.9 Å². The number of carboxylic acids is 1. The van der Waals surface area contributed by atoms with Crippen LogP contribution in [0.2, 0.25) is 5.02 Å². The number of unbranched alkanes of at least 4 members (excludes halogenated alkanes) is 9. The van der Waals surface area contributed by atoms with E-state index in [4.69, 9.17) is 39.9 Å². The fourth-order valence-electron chi connectivity index (χ4n) is 2.90. The average Bonchev–Trinajstić information content (AvgIpc) is 2.65. The van der Waals surface area contributed by atoms with Crippen LogP contribution in [0.4, 0.5) is 0 Å². The third-order valence-electron chi connectivity index (χ3n) is 4.65. The maximum absolute atomic E-state index is 12.1. The number of halogens is 3. The first-order valence-corrected chi connectivity index (χ1v) is 12.6. The number of carbonyl (C=O) groups is 1. The maximum atomic E-state index is 12.1. The van der Waals surface area contributed by atoms with Crippen molar-refractivity contribution in [1.82, 2.24) is 4.72 Å². The summed E-state index contributed by atoms with van der Waals surface area (Å²) in [5.41, 5.74) is 0. The number of benzene rings is 1. The van der Waals surface area contributed by atoms with Gasteiger partial charge in [0.15, 0.2) is 0 Å². The lowest BCUT2D eigenvalue weighted by atomic mass is 10.0. The van der Waals surface area contributed by atoms with Crippen LogP contribution in [0.1, 0.15) is 70.6 Å². The minimum atomic E-state index is -3.46. The zero-order valence-corrected chi connectivity index (χ0v) is 19.6. The second-order valence-corrected chi connectivity index (χ2v) is 10.8. The van der Waals surface area contributed by atoms with E-state index in [1.54, 1.807) is 12.1 Å². The number of aliphatic carboxylic acids is 1. The maximum Gasteiger partial charge on any atom is 0.340 e. The van der Waals surface area contributed by atoms with Gasteiger partial charge in [-0.05, 0) is 43.5 Å². The molecule has 1 rings (SSSR count). The number of nitrogens with one attached hydrogen (secondary N) is 1. The highest BCUT2D eigenvalue weighted by Gasteiger charge is 2.32. The molecule has 0 heterocycles. The molecule has 0 fully saturated rings. The Morgan fingerprint density at radius 3 is 1.79 bits per heavy atom. The monoisotopic (exact) mass is 485 g/mol. The first kappa shape index (κ1) is 26.5. The number of alkyl halides is 2. The molecule has 0 amide bonds. The summed E-state index contributed by atoms with van der Waals surface area (Å²) in [5, 5.41) is 9.33. The lowest BCUT2D eigenvalue weighted by Crippen LogP contribution is -2.25. The molecule has 1 aromatic carbocycles. The van der Waals surface area contributed by atoms with Crippen molar-refractivity contribution < 1.29 is 18.3 Å². The van der Waals surface area contributed by atoms with E-state index < -0.39 is 20.3 Å². The zero-order valence-electron chi connectivity index (χ0n) is 16.5. The molecule has 29 heavy (non-hydrogen) atoms. The SMILES string of the molecule is O=C(O)C(Cl)(Cl)CCCCCCCCCCCCNS(=O)(=O)c1ccc(Cl)cc1. The van der Waals surface area contributed by atoms with Crippen LogP contribution in [0.5, 0.6) is 0 Å². The molecule has 0 spiro atoms. The Morgan fingerprint density at radius 1 is 0.862 bits per heavy atom. The van der Waals surface area contributed by atoms with E-state index in [0.29, 0.717) is 18.0 Å². The third-order valence-corrected chi connectivity index (χ3v) is 7.08. The molecule has 0 aliphatic carbocycles. The quantitative estimate of drug-likeness (QED) is 0.216. The molecule has 5 nitrogen and oxygen atoms in total. The number of rotatable bonds is 16. The van der Waals surface area contributed by atoms with Crippen molar-refractivity contribution in [1.29, 1.82) is 0 Å². The van der Waals surface area contributed by atoms with Gasteiger partial charge >= 0.3 is 5.97 Å². The van der Waals surface area contributed by atoms with Gasteiger partial charge in [0.2, 0.25) is 14.4 Å². The van der Waals surface area contributed by atoms with Crippen molar-refractivity contribution in [2.24, 2.45) is 0 Å². The second kappa shape index (κ2) is 13.7. The first-order valence-electron chi connectivity index (χ1n) is 10.0. The van der Waals surface area contributed by atoms with Crippen LogP contribution in [0.25, 0.3) is 0 Å². The van der Waals surface area contributed by atoms with Gasteiger partial charge in [-0.1, -0.05) is 86.2 Å². The summed E-state index contributed by atoms with van der Waals surface area (Å²) in [5.74, 6) is -1.18. The molecule has 166 valence electrons. The number of hydrogen-bond donors (Lipinski definition) is 2. The first-order chi connectivity index (χ1) is 13.6. The van der Waals surface area contributed by atoms with Crippen LogP contribution in [-0.2, 0) is 14.8 Å². The standard InChI is InChI=1S/C20H30Cl3NO4S/c21-17-11-13-18(14-12-17)29(27,28)24-16-10-8-6-4-2-1-3-5-7-9-15-20(22,23)19(25)26/h11-14,24H,1-10,15-16H2,(H,25,26). The Balaban J connectivity index is 1.96. The van der Waals surface area contributed by atoms with E-state index in [2.05, 4.69) is 4.72 Å². The molecular weight excluding hydrogens is 457 g/mol. The minimum Gasteiger partial charge on any atom is -0.479 e. The molecule has 0 atom stereocenters. The molecule has 9 heteroatoms. The van der Waals surface area contributed by atoms with Crippen LogP contribution in [0, 0.1) is 0 Å². The molecule has 0 bridgehead atoms. The van der Waals surface area contributed by atoms with E-state index in [-0.39, 0.29) is 11.3 Å². The van der Waals surface area contributed by atoms with Crippen molar-refractivity contribution in [3.63, 3.8) is 0 Å². The molecule has 0 aromatic heterocycles. The summed E-state index contributed by atoms with van der Waals surface area (Å²) >= 11 is 17.2. The molecule has 0 saturated heterocycles. The van der Waals surface area contributed by atoms with E-state index in [1.165, 1.54) is 12.1 Å². The lowest BCUT2D eigenvalue weighted by molar-refractivity contribution is -0.138. The summed E-state index contributed by atoms with van der Waals surface area (Å²) in [4.78, 5) is 11.0. The van der Waals surface area contributed by atoms with Crippen molar-refractivity contribution in [3.8, 4) is 0 Å².